The maximum atomic E-state index is 11.2. The molecule has 0 bridgehead atoms. The highest BCUT2D eigenvalue weighted by atomic mass is 32.2. The van der Waals surface area contributed by atoms with Crippen molar-refractivity contribution in [2.24, 2.45) is 0 Å². The minimum atomic E-state index is -3.49. The summed E-state index contributed by atoms with van der Waals surface area (Å²) >= 11 is 0. The normalized spacial score (nSPS) is 13.4. The van der Waals surface area contributed by atoms with Crippen LogP contribution in [-0.4, -0.2) is 14.7 Å². The summed E-state index contributed by atoms with van der Waals surface area (Å²) in [5.41, 5.74) is 2.26. The lowest BCUT2D eigenvalue weighted by atomic mass is 9.75. The highest BCUT2D eigenvalue weighted by Crippen LogP contribution is 2.36. The SMILES string of the molecule is CC(C)(C)c1ccc(OS(C)(=O)=O)cc1C(C)(C)C. The van der Waals surface area contributed by atoms with Crippen LogP contribution in [0.4, 0.5) is 0 Å². The highest BCUT2D eigenvalue weighted by Gasteiger charge is 2.25. The van der Waals surface area contributed by atoms with Crippen LogP contribution in [0.25, 0.3) is 0 Å². The van der Waals surface area contributed by atoms with Gasteiger partial charge in [-0.25, -0.2) is 0 Å². The van der Waals surface area contributed by atoms with Gasteiger partial charge in [0.1, 0.15) is 5.75 Å². The van der Waals surface area contributed by atoms with Crippen LogP contribution < -0.4 is 4.18 Å². The highest BCUT2D eigenvalue weighted by molar-refractivity contribution is 7.86. The van der Waals surface area contributed by atoms with E-state index in [4.69, 9.17) is 4.18 Å². The summed E-state index contributed by atoms with van der Waals surface area (Å²) in [7, 11) is -3.49. The molecule has 0 atom stereocenters. The molecular weight excluding hydrogens is 260 g/mol. The van der Waals surface area contributed by atoms with Crippen LogP contribution in [0.2, 0.25) is 0 Å². The third-order valence-corrected chi connectivity index (χ3v) is 3.35. The Balaban J connectivity index is 3.40. The number of benzene rings is 1. The molecule has 0 radical (unpaired) electrons. The van der Waals surface area contributed by atoms with Gasteiger partial charge in [-0.3, -0.25) is 0 Å². The van der Waals surface area contributed by atoms with Crippen LogP contribution in [-0.2, 0) is 20.9 Å². The zero-order chi connectivity index (χ0) is 15.1. The third-order valence-electron chi connectivity index (χ3n) is 2.85. The molecule has 0 fully saturated rings. The van der Waals surface area contributed by atoms with Gasteiger partial charge in [0.05, 0.1) is 6.26 Å². The Morgan fingerprint density at radius 3 is 1.74 bits per heavy atom. The van der Waals surface area contributed by atoms with Gasteiger partial charge < -0.3 is 4.18 Å². The molecule has 0 saturated carbocycles. The first-order chi connectivity index (χ1) is 8.31. The molecule has 0 aliphatic heterocycles. The van der Waals surface area contributed by atoms with Crippen LogP contribution >= 0.6 is 0 Å². The van der Waals surface area contributed by atoms with Crippen LogP contribution in [0.3, 0.4) is 0 Å². The molecule has 0 N–H and O–H groups in total. The largest absolute Gasteiger partial charge is 0.383 e. The maximum Gasteiger partial charge on any atom is 0.306 e. The van der Waals surface area contributed by atoms with Crippen molar-refractivity contribution in [2.75, 3.05) is 6.26 Å². The minimum Gasteiger partial charge on any atom is -0.383 e. The van der Waals surface area contributed by atoms with Gasteiger partial charge in [0.2, 0.25) is 0 Å². The average molecular weight is 284 g/mol. The van der Waals surface area contributed by atoms with E-state index in [9.17, 15) is 8.42 Å². The van der Waals surface area contributed by atoms with Crippen molar-refractivity contribution in [3.63, 3.8) is 0 Å². The summed E-state index contributed by atoms with van der Waals surface area (Å²) in [6.45, 7) is 12.8. The van der Waals surface area contributed by atoms with Crippen LogP contribution in [0.1, 0.15) is 52.7 Å². The Morgan fingerprint density at radius 1 is 0.895 bits per heavy atom. The molecule has 0 aliphatic carbocycles. The molecule has 3 nitrogen and oxygen atoms in total. The first kappa shape index (κ1) is 16.0. The Morgan fingerprint density at radius 2 is 1.37 bits per heavy atom. The molecule has 0 saturated heterocycles. The predicted octanol–water partition coefficient (Wildman–Crippen LogP) is 3.62. The van der Waals surface area contributed by atoms with E-state index in [-0.39, 0.29) is 10.8 Å². The molecule has 1 aromatic carbocycles. The van der Waals surface area contributed by atoms with Gasteiger partial charge >= 0.3 is 10.1 Å². The first-order valence-electron chi connectivity index (χ1n) is 6.35. The second kappa shape index (κ2) is 4.82. The molecule has 19 heavy (non-hydrogen) atoms. The van der Waals surface area contributed by atoms with E-state index in [0.717, 1.165) is 11.8 Å². The summed E-state index contributed by atoms with van der Waals surface area (Å²) in [6, 6.07) is 5.51. The van der Waals surface area contributed by atoms with Gasteiger partial charge in [0.15, 0.2) is 0 Å². The standard InChI is InChI=1S/C15H24O3S/c1-14(2,3)12-9-8-11(18-19(7,16)17)10-13(12)15(4,5)6/h8-10H,1-7H3. The molecule has 1 rings (SSSR count). The smallest absolute Gasteiger partial charge is 0.306 e. The van der Waals surface area contributed by atoms with Crippen molar-refractivity contribution in [2.45, 2.75) is 52.4 Å². The number of hydrogen-bond donors (Lipinski definition) is 0. The summed E-state index contributed by atoms with van der Waals surface area (Å²) < 4.78 is 27.4. The third kappa shape index (κ3) is 4.53. The van der Waals surface area contributed by atoms with Gasteiger partial charge in [-0.05, 0) is 34.1 Å². The van der Waals surface area contributed by atoms with E-state index >= 15 is 0 Å². The second-order valence-electron chi connectivity index (χ2n) is 6.99. The number of rotatable bonds is 2. The lowest BCUT2D eigenvalue weighted by molar-refractivity contribution is 0.487. The monoisotopic (exact) mass is 284 g/mol. The molecule has 0 amide bonds. The molecule has 0 unspecified atom stereocenters. The number of hydrogen-bond acceptors (Lipinski definition) is 3. The minimum absolute atomic E-state index is 0.00618. The van der Waals surface area contributed by atoms with Crippen LogP contribution in [0.15, 0.2) is 18.2 Å². The summed E-state index contributed by atoms with van der Waals surface area (Å²) in [5, 5.41) is 0. The summed E-state index contributed by atoms with van der Waals surface area (Å²) in [4.78, 5) is 0. The van der Waals surface area contributed by atoms with Crippen molar-refractivity contribution >= 4 is 10.1 Å². The van der Waals surface area contributed by atoms with Gasteiger partial charge in [-0.1, -0.05) is 47.6 Å². The van der Waals surface area contributed by atoms with Crippen molar-refractivity contribution in [3.05, 3.63) is 29.3 Å². The van der Waals surface area contributed by atoms with Gasteiger partial charge in [0.25, 0.3) is 0 Å². The first-order valence-corrected chi connectivity index (χ1v) is 8.17. The summed E-state index contributed by atoms with van der Waals surface area (Å²) in [6.07, 6.45) is 1.06. The topological polar surface area (TPSA) is 43.4 Å². The van der Waals surface area contributed by atoms with Crippen LogP contribution in [0, 0.1) is 0 Å². The van der Waals surface area contributed by atoms with E-state index in [2.05, 4.69) is 41.5 Å². The molecule has 108 valence electrons. The average Bonchev–Trinajstić information content (AvgIpc) is 2.11. The quantitative estimate of drug-likeness (QED) is 0.779. The van der Waals surface area contributed by atoms with E-state index in [1.54, 1.807) is 6.07 Å². The zero-order valence-electron chi connectivity index (χ0n) is 12.9. The predicted molar refractivity (Wildman–Crippen MR) is 79.3 cm³/mol. The van der Waals surface area contributed by atoms with Crippen LogP contribution in [0.5, 0.6) is 5.75 Å². The molecule has 0 aromatic heterocycles. The van der Waals surface area contributed by atoms with E-state index < -0.39 is 10.1 Å². The molecule has 4 heteroatoms. The molecule has 0 aliphatic rings. The molecule has 1 aromatic rings. The Labute approximate surface area is 117 Å². The van der Waals surface area contributed by atoms with E-state index in [0.29, 0.717) is 5.75 Å². The van der Waals surface area contributed by atoms with Crippen molar-refractivity contribution in [1.29, 1.82) is 0 Å². The molecule has 0 heterocycles. The molecule has 0 spiro atoms. The Kier molecular flexibility index (Phi) is 4.06. The second-order valence-corrected chi connectivity index (χ2v) is 8.57. The Hall–Kier alpha value is -1.03. The Bertz CT molecular complexity index is 558. The fourth-order valence-electron chi connectivity index (χ4n) is 2.02. The van der Waals surface area contributed by atoms with Gasteiger partial charge in [0, 0.05) is 0 Å². The molecular formula is C15H24O3S. The van der Waals surface area contributed by atoms with E-state index in [1.807, 2.05) is 12.1 Å². The zero-order valence-corrected chi connectivity index (χ0v) is 13.7. The van der Waals surface area contributed by atoms with Crippen molar-refractivity contribution < 1.29 is 12.6 Å². The summed E-state index contributed by atoms with van der Waals surface area (Å²) in [5.74, 6) is 0.375. The fourth-order valence-corrected chi connectivity index (χ4v) is 2.48. The van der Waals surface area contributed by atoms with Crippen molar-refractivity contribution in [1.82, 2.24) is 0 Å². The lowest BCUT2D eigenvalue weighted by Crippen LogP contribution is -2.22. The maximum absolute atomic E-state index is 11.2. The lowest BCUT2D eigenvalue weighted by Gasteiger charge is -2.30. The fraction of sp³-hybridized carbons (Fsp3) is 0.600. The van der Waals surface area contributed by atoms with Gasteiger partial charge in [-0.2, -0.15) is 8.42 Å². The van der Waals surface area contributed by atoms with Crippen molar-refractivity contribution in [3.8, 4) is 5.75 Å². The van der Waals surface area contributed by atoms with E-state index in [1.165, 1.54) is 5.56 Å². The van der Waals surface area contributed by atoms with Gasteiger partial charge in [-0.15, -0.1) is 0 Å².